The van der Waals surface area contributed by atoms with Gasteiger partial charge in [0.05, 0.1) is 10.5 Å². The van der Waals surface area contributed by atoms with Gasteiger partial charge in [-0.1, -0.05) is 19.1 Å². The maximum atomic E-state index is 11.2. The fourth-order valence-electron chi connectivity index (χ4n) is 3.28. The number of carboxylic acids is 1. The van der Waals surface area contributed by atoms with E-state index in [0.29, 0.717) is 29.6 Å². The lowest BCUT2D eigenvalue weighted by Gasteiger charge is -2.09. The molecule has 3 rings (SSSR count). The number of benzene rings is 1. The van der Waals surface area contributed by atoms with Crippen molar-refractivity contribution in [2.75, 3.05) is 0 Å². The molecule has 0 fully saturated rings. The van der Waals surface area contributed by atoms with Crippen molar-refractivity contribution in [3.8, 4) is 5.69 Å². The molecule has 0 aliphatic carbocycles. The number of carbonyl (C=O) groups is 1. The zero-order chi connectivity index (χ0) is 20.3. The van der Waals surface area contributed by atoms with Gasteiger partial charge in [0.25, 0.3) is 5.69 Å². The molecule has 0 aliphatic rings. The molecule has 2 heterocycles. The molecule has 3 aromatic rings. The Morgan fingerprint density at radius 2 is 1.96 bits per heavy atom. The second-order valence-corrected chi connectivity index (χ2v) is 6.68. The number of aryl methyl sites for hydroxylation is 3. The minimum Gasteiger partial charge on any atom is -0.481 e. The van der Waals surface area contributed by atoms with Gasteiger partial charge in [0, 0.05) is 18.5 Å². The Balaban J connectivity index is 1.91. The van der Waals surface area contributed by atoms with Crippen LogP contribution in [-0.4, -0.2) is 30.5 Å². The first kappa shape index (κ1) is 19.5. The van der Waals surface area contributed by atoms with Crippen molar-refractivity contribution in [3.05, 3.63) is 57.5 Å². The molecule has 0 unspecified atom stereocenters. The van der Waals surface area contributed by atoms with Crippen LogP contribution in [0.5, 0.6) is 0 Å². The highest BCUT2D eigenvalue weighted by molar-refractivity contribution is 5.80. The number of rotatable bonds is 8. The van der Waals surface area contributed by atoms with Crippen molar-refractivity contribution in [2.45, 2.75) is 46.0 Å². The first-order valence-corrected chi connectivity index (χ1v) is 9.24. The topological polar surface area (TPSA) is 111 Å². The van der Waals surface area contributed by atoms with E-state index in [1.54, 1.807) is 6.92 Å². The van der Waals surface area contributed by atoms with Crippen LogP contribution in [0, 0.1) is 17.0 Å². The summed E-state index contributed by atoms with van der Waals surface area (Å²) >= 11 is 0. The van der Waals surface area contributed by atoms with Crippen LogP contribution < -0.4 is 0 Å². The zero-order valence-electron chi connectivity index (χ0n) is 15.9. The highest BCUT2D eigenvalue weighted by Crippen LogP contribution is 2.28. The van der Waals surface area contributed by atoms with Crippen molar-refractivity contribution >= 4 is 22.8 Å². The molecule has 1 aromatic carbocycles. The van der Waals surface area contributed by atoms with E-state index in [4.69, 9.17) is 5.11 Å². The SMILES string of the molecule is CCc1nc2c(C)c([N+](=O)[O-])cnc2n1-c1ccc(CCCCC(=O)O)cc1. The summed E-state index contributed by atoms with van der Waals surface area (Å²) in [6.45, 7) is 3.68. The second-order valence-electron chi connectivity index (χ2n) is 6.68. The molecule has 0 bridgehead atoms. The molecule has 28 heavy (non-hydrogen) atoms. The Hall–Kier alpha value is -3.29. The molecule has 2 aromatic heterocycles. The highest BCUT2D eigenvalue weighted by atomic mass is 16.6. The molecule has 0 radical (unpaired) electrons. The maximum Gasteiger partial charge on any atom is 0.303 e. The van der Waals surface area contributed by atoms with Crippen molar-refractivity contribution in [3.63, 3.8) is 0 Å². The average Bonchev–Trinajstić information content (AvgIpc) is 3.05. The maximum absolute atomic E-state index is 11.2. The van der Waals surface area contributed by atoms with E-state index in [2.05, 4.69) is 9.97 Å². The van der Waals surface area contributed by atoms with Gasteiger partial charge in [0.2, 0.25) is 0 Å². The van der Waals surface area contributed by atoms with E-state index in [-0.39, 0.29) is 12.1 Å². The minimum absolute atomic E-state index is 0.0310. The summed E-state index contributed by atoms with van der Waals surface area (Å²) < 4.78 is 1.93. The van der Waals surface area contributed by atoms with Crippen molar-refractivity contribution in [1.29, 1.82) is 0 Å². The number of imidazole rings is 1. The van der Waals surface area contributed by atoms with E-state index in [9.17, 15) is 14.9 Å². The van der Waals surface area contributed by atoms with Crippen molar-refractivity contribution < 1.29 is 14.8 Å². The smallest absolute Gasteiger partial charge is 0.303 e. The molecule has 0 aliphatic heterocycles. The lowest BCUT2D eigenvalue weighted by molar-refractivity contribution is -0.385. The van der Waals surface area contributed by atoms with Crippen LogP contribution in [0.3, 0.4) is 0 Å². The third-order valence-electron chi connectivity index (χ3n) is 4.78. The van der Waals surface area contributed by atoms with Gasteiger partial charge in [-0.3, -0.25) is 19.5 Å². The van der Waals surface area contributed by atoms with Gasteiger partial charge < -0.3 is 5.11 Å². The minimum atomic E-state index is -0.766. The van der Waals surface area contributed by atoms with Gasteiger partial charge in [-0.2, -0.15) is 0 Å². The van der Waals surface area contributed by atoms with E-state index in [1.807, 2.05) is 35.8 Å². The fourth-order valence-corrected chi connectivity index (χ4v) is 3.28. The third-order valence-corrected chi connectivity index (χ3v) is 4.78. The van der Waals surface area contributed by atoms with Gasteiger partial charge in [-0.15, -0.1) is 0 Å². The number of fused-ring (bicyclic) bond motifs is 1. The van der Waals surface area contributed by atoms with Crippen LogP contribution in [0.4, 0.5) is 5.69 Å². The van der Waals surface area contributed by atoms with Crippen LogP contribution in [0.2, 0.25) is 0 Å². The first-order chi connectivity index (χ1) is 13.4. The number of carboxylic acid groups (broad SMARTS) is 1. The quantitative estimate of drug-likeness (QED) is 0.358. The summed E-state index contributed by atoms with van der Waals surface area (Å²) in [4.78, 5) is 30.2. The average molecular weight is 382 g/mol. The Bertz CT molecular complexity index is 1020. The van der Waals surface area contributed by atoms with Gasteiger partial charge in [-0.05, 0) is 43.9 Å². The summed E-state index contributed by atoms with van der Waals surface area (Å²) in [6, 6.07) is 7.98. The summed E-state index contributed by atoms with van der Waals surface area (Å²) in [7, 11) is 0. The predicted octanol–water partition coefficient (Wildman–Crippen LogP) is 4.00. The zero-order valence-corrected chi connectivity index (χ0v) is 15.9. The van der Waals surface area contributed by atoms with Crippen LogP contribution in [0.1, 0.15) is 43.1 Å². The Kier molecular flexibility index (Phi) is 5.67. The Labute approximate surface area is 162 Å². The molecule has 0 spiro atoms. The number of hydrogen-bond acceptors (Lipinski definition) is 5. The van der Waals surface area contributed by atoms with Crippen molar-refractivity contribution in [2.24, 2.45) is 0 Å². The summed E-state index contributed by atoms with van der Waals surface area (Å²) in [5, 5.41) is 19.9. The van der Waals surface area contributed by atoms with Crippen LogP contribution in [-0.2, 0) is 17.6 Å². The molecule has 0 atom stereocenters. The summed E-state index contributed by atoms with van der Waals surface area (Å²) in [5.41, 5.74) is 3.67. The van der Waals surface area contributed by atoms with Gasteiger partial charge >= 0.3 is 5.97 Å². The predicted molar refractivity (Wildman–Crippen MR) is 105 cm³/mol. The monoisotopic (exact) mass is 382 g/mol. The molecule has 0 saturated carbocycles. The number of pyridine rings is 1. The summed E-state index contributed by atoms with van der Waals surface area (Å²) in [6.07, 6.45) is 4.45. The molecule has 0 amide bonds. The standard InChI is InChI=1S/C20H22N4O4/c1-3-17-22-19-13(2)16(24(27)28)12-21-20(19)23(17)15-10-8-14(9-11-15)6-4-5-7-18(25)26/h8-12H,3-7H2,1-2H3,(H,25,26). The normalized spacial score (nSPS) is 11.1. The lowest BCUT2D eigenvalue weighted by atomic mass is 10.1. The number of nitro groups is 1. The van der Waals surface area contributed by atoms with Crippen molar-refractivity contribution in [1.82, 2.24) is 14.5 Å². The first-order valence-electron chi connectivity index (χ1n) is 9.24. The van der Waals surface area contributed by atoms with E-state index in [0.717, 1.165) is 29.9 Å². The van der Waals surface area contributed by atoms with Crippen LogP contribution in [0.15, 0.2) is 30.5 Å². The number of unbranched alkanes of at least 4 members (excludes halogenated alkanes) is 1. The number of aromatic nitrogens is 3. The van der Waals surface area contributed by atoms with Gasteiger partial charge in [-0.25, -0.2) is 9.97 Å². The number of aliphatic carboxylic acids is 1. The van der Waals surface area contributed by atoms with E-state index in [1.165, 1.54) is 6.20 Å². The third kappa shape index (κ3) is 3.85. The molecule has 146 valence electrons. The molecule has 1 N–H and O–H groups in total. The second kappa shape index (κ2) is 8.16. The molecule has 8 heteroatoms. The van der Waals surface area contributed by atoms with E-state index >= 15 is 0 Å². The molecular weight excluding hydrogens is 360 g/mol. The fraction of sp³-hybridized carbons (Fsp3) is 0.350. The van der Waals surface area contributed by atoms with Crippen LogP contribution in [0.25, 0.3) is 16.9 Å². The summed E-state index contributed by atoms with van der Waals surface area (Å²) in [5.74, 6) is 0.0257. The molecular formula is C20H22N4O4. The molecule has 8 nitrogen and oxygen atoms in total. The van der Waals surface area contributed by atoms with Gasteiger partial charge in [0.15, 0.2) is 5.65 Å². The Morgan fingerprint density at radius 1 is 1.25 bits per heavy atom. The van der Waals surface area contributed by atoms with Crippen LogP contribution >= 0.6 is 0 Å². The van der Waals surface area contributed by atoms with Gasteiger partial charge in [0.1, 0.15) is 17.5 Å². The van der Waals surface area contributed by atoms with E-state index < -0.39 is 10.9 Å². The largest absolute Gasteiger partial charge is 0.481 e. The molecule has 0 saturated heterocycles. The number of hydrogen-bond donors (Lipinski definition) is 1. The lowest BCUT2D eigenvalue weighted by Crippen LogP contribution is -2.02. The highest BCUT2D eigenvalue weighted by Gasteiger charge is 2.20. The number of nitrogens with zero attached hydrogens (tertiary/aromatic N) is 4. The Morgan fingerprint density at radius 3 is 2.57 bits per heavy atom.